The number of urea groups is 1. The van der Waals surface area contributed by atoms with Crippen molar-refractivity contribution in [3.63, 3.8) is 0 Å². The topological polar surface area (TPSA) is 96.7 Å². The van der Waals surface area contributed by atoms with Gasteiger partial charge < -0.3 is 24.8 Å². The number of para-hydroxylation sites is 1. The molecule has 0 saturated carbocycles. The summed E-state index contributed by atoms with van der Waals surface area (Å²) in [5.74, 6) is 1.98. The number of anilines is 1. The van der Waals surface area contributed by atoms with Gasteiger partial charge in [-0.25, -0.2) is 4.79 Å². The monoisotopic (exact) mass is 434 g/mol. The Morgan fingerprint density at radius 1 is 1.12 bits per heavy atom. The van der Waals surface area contributed by atoms with Crippen LogP contribution in [0.5, 0.6) is 11.5 Å². The van der Waals surface area contributed by atoms with Gasteiger partial charge in [0.1, 0.15) is 17.3 Å². The first kappa shape index (κ1) is 21.4. The second kappa shape index (κ2) is 10.00. The molecule has 8 heteroatoms. The summed E-state index contributed by atoms with van der Waals surface area (Å²) in [5, 5.41) is 9.55. The maximum Gasteiger partial charge on any atom is 0.321 e. The van der Waals surface area contributed by atoms with E-state index in [0.717, 1.165) is 18.6 Å². The van der Waals surface area contributed by atoms with Crippen molar-refractivity contribution >= 4 is 17.6 Å². The van der Waals surface area contributed by atoms with Crippen molar-refractivity contribution in [3.05, 3.63) is 72.1 Å². The van der Waals surface area contributed by atoms with Gasteiger partial charge in [-0.3, -0.25) is 4.79 Å². The number of aromatic nitrogens is 1. The summed E-state index contributed by atoms with van der Waals surface area (Å²) in [6.45, 7) is 3.50. The average molecular weight is 434 g/mol. The van der Waals surface area contributed by atoms with Gasteiger partial charge >= 0.3 is 6.03 Å². The highest BCUT2D eigenvalue weighted by atomic mass is 16.5. The lowest BCUT2D eigenvalue weighted by atomic mass is 9.98. The van der Waals surface area contributed by atoms with E-state index in [4.69, 9.17) is 9.26 Å². The average Bonchev–Trinajstić information content (AvgIpc) is 3.26. The molecule has 2 N–H and O–H groups in total. The summed E-state index contributed by atoms with van der Waals surface area (Å²) in [7, 11) is 0. The predicted molar refractivity (Wildman–Crippen MR) is 120 cm³/mol. The minimum atomic E-state index is -0.263. The van der Waals surface area contributed by atoms with Crippen LogP contribution in [0.2, 0.25) is 0 Å². The predicted octanol–water partition coefficient (Wildman–Crippen LogP) is 4.45. The first-order chi connectivity index (χ1) is 15.6. The van der Waals surface area contributed by atoms with Crippen molar-refractivity contribution in [1.82, 2.24) is 15.4 Å². The molecule has 1 atom stereocenters. The number of nitrogens with one attached hydrogen (secondary N) is 2. The summed E-state index contributed by atoms with van der Waals surface area (Å²) in [6, 6.07) is 18.3. The maximum atomic E-state index is 12.7. The fourth-order valence-corrected chi connectivity index (χ4v) is 3.65. The molecule has 1 fully saturated rings. The third-order valence-corrected chi connectivity index (χ3v) is 5.30. The number of ether oxygens (including phenoxy) is 1. The van der Waals surface area contributed by atoms with Crippen molar-refractivity contribution < 1.29 is 18.8 Å². The van der Waals surface area contributed by atoms with Gasteiger partial charge in [0, 0.05) is 31.4 Å². The summed E-state index contributed by atoms with van der Waals surface area (Å²) < 4.78 is 10.7. The molecule has 0 radical (unpaired) electrons. The number of nitrogens with zero attached hydrogens (tertiary/aromatic N) is 2. The molecule has 0 aliphatic carbocycles. The number of likely N-dealkylation sites (tertiary alicyclic amines) is 1. The highest BCUT2D eigenvalue weighted by Crippen LogP contribution is 2.23. The van der Waals surface area contributed by atoms with Gasteiger partial charge in [-0.2, -0.15) is 0 Å². The number of hydrogen-bond donors (Lipinski definition) is 2. The number of carbonyl (C=O) groups is 2. The maximum absolute atomic E-state index is 12.7. The summed E-state index contributed by atoms with van der Waals surface area (Å²) in [4.78, 5) is 26.7. The molecule has 4 rings (SSSR count). The van der Waals surface area contributed by atoms with E-state index in [0.29, 0.717) is 36.8 Å². The molecule has 1 aliphatic heterocycles. The molecule has 1 saturated heterocycles. The van der Waals surface area contributed by atoms with E-state index in [2.05, 4.69) is 15.8 Å². The lowest BCUT2D eigenvalue weighted by molar-refractivity contribution is 0.0929. The standard InChI is InChI=1S/C24H26N4O4/c1-17-14-22(27-32-17)23(29)25-15-18-6-5-13-28(16-18)24(30)26-19-9-11-21(12-10-19)31-20-7-3-2-4-8-20/h2-4,7-12,14,18H,5-6,13,15-16H2,1H3,(H,25,29)(H,26,30)/t18-/m0/s1. The Morgan fingerprint density at radius 2 is 1.88 bits per heavy atom. The number of hydrogen-bond acceptors (Lipinski definition) is 5. The van der Waals surface area contributed by atoms with E-state index in [9.17, 15) is 9.59 Å². The Hall–Kier alpha value is -3.81. The number of carbonyl (C=O) groups excluding carboxylic acids is 2. The van der Waals surface area contributed by atoms with E-state index in [-0.39, 0.29) is 23.6 Å². The number of benzene rings is 2. The van der Waals surface area contributed by atoms with Gasteiger partial charge in [-0.05, 0) is 62.1 Å². The second-order valence-corrected chi connectivity index (χ2v) is 7.86. The zero-order valence-electron chi connectivity index (χ0n) is 17.9. The van der Waals surface area contributed by atoms with Gasteiger partial charge in [-0.1, -0.05) is 23.4 Å². The molecular weight excluding hydrogens is 408 g/mol. The smallest absolute Gasteiger partial charge is 0.321 e. The highest BCUT2D eigenvalue weighted by molar-refractivity contribution is 5.92. The molecular formula is C24H26N4O4. The van der Waals surface area contributed by atoms with Crippen LogP contribution in [0, 0.1) is 12.8 Å². The highest BCUT2D eigenvalue weighted by Gasteiger charge is 2.24. The fraction of sp³-hybridized carbons (Fsp3) is 0.292. The molecule has 2 heterocycles. The van der Waals surface area contributed by atoms with E-state index in [1.807, 2.05) is 54.6 Å². The van der Waals surface area contributed by atoms with E-state index < -0.39 is 0 Å². The summed E-state index contributed by atoms with van der Waals surface area (Å²) in [6.07, 6.45) is 1.84. The van der Waals surface area contributed by atoms with E-state index in [1.54, 1.807) is 17.9 Å². The van der Waals surface area contributed by atoms with Crippen LogP contribution in [0.4, 0.5) is 10.5 Å². The van der Waals surface area contributed by atoms with Crippen LogP contribution >= 0.6 is 0 Å². The minimum absolute atomic E-state index is 0.148. The molecule has 32 heavy (non-hydrogen) atoms. The van der Waals surface area contributed by atoms with Gasteiger partial charge in [-0.15, -0.1) is 0 Å². The van der Waals surface area contributed by atoms with Gasteiger partial charge in [0.05, 0.1) is 0 Å². The molecule has 0 spiro atoms. The molecule has 1 aliphatic rings. The SMILES string of the molecule is Cc1cc(C(=O)NC[C@@H]2CCCN(C(=O)Nc3ccc(Oc4ccccc4)cc3)C2)no1. The third kappa shape index (κ3) is 5.66. The van der Waals surface area contributed by atoms with Crippen molar-refractivity contribution in [3.8, 4) is 11.5 Å². The van der Waals surface area contributed by atoms with Crippen LogP contribution in [-0.4, -0.2) is 41.6 Å². The van der Waals surface area contributed by atoms with Crippen LogP contribution in [-0.2, 0) is 0 Å². The Kier molecular flexibility index (Phi) is 6.69. The first-order valence-corrected chi connectivity index (χ1v) is 10.7. The molecule has 166 valence electrons. The molecule has 0 bridgehead atoms. The number of aryl methyl sites for hydroxylation is 1. The van der Waals surface area contributed by atoms with Gasteiger partial charge in [0.25, 0.3) is 5.91 Å². The quantitative estimate of drug-likeness (QED) is 0.598. The van der Waals surface area contributed by atoms with Gasteiger partial charge in [0.2, 0.25) is 0 Å². The van der Waals surface area contributed by atoms with Crippen molar-refractivity contribution in [1.29, 1.82) is 0 Å². The number of amides is 3. The second-order valence-electron chi connectivity index (χ2n) is 7.86. The lowest BCUT2D eigenvalue weighted by Gasteiger charge is -2.32. The minimum Gasteiger partial charge on any atom is -0.457 e. The van der Waals surface area contributed by atoms with Crippen LogP contribution in [0.25, 0.3) is 0 Å². The molecule has 0 unspecified atom stereocenters. The summed E-state index contributed by atoms with van der Waals surface area (Å²) >= 11 is 0. The fourth-order valence-electron chi connectivity index (χ4n) is 3.65. The normalized spacial score (nSPS) is 15.8. The van der Waals surface area contributed by atoms with Crippen LogP contribution in [0.15, 0.2) is 65.2 Å². The zero-order valence-corrected chi connectivity index (χ0v) is 17.9. The molecule has 3 aromatic rings. The van der Waals surface area contributed by atoms with Crippen LogP contribution in [0.3, 0.4) is 0 Å². The molecule has 1 aromatic heterocycles. The Labute approximate surface area is 186 Å². The number of piperidine rings is 1. The van der Waals surface area contributed by atoms with Gasteiger partial charge in [0.15, 0.2) is 5.69 Å². The Balaban J connectivity index is 1.26. The van der Waals surface area contributed by atoms with Crippen molar-refractivity contribution in [2.45, 2.75) is 19.8 Å². The van der Waals surface area contributed by atoms with Crippen molar-refractivity contribution in [2.75, 3.05) is 25.0 Å². The van der Waals surface area contributed by atoms with E-state index in [1.165, 1.54) is 0 Å². The Bertz CT molecular complexity index is 1050. The molecule has 8 nitrogen and oxygen atoms in total. The summed E-state index contributed by atoms with van der Waals surface area (Å²) in [5.41, 5.74) is 0.972. The lowest BCUT2D eigenvalue weighted by Crippen LogP contribution is -2.45. The third-order valence-electron chi connectivity index (χ3n) is 5.30. The number of rotatable bonds is 6. The van der Waals surface area contributed by atoms with Crippen LogP contribution < -0.4 is 15.4 Å². The van der Waals surface area contributed by atoms with Crippen molar-refractivity contribution in [2.24, 2.45) is 5.92 Å². The first-order valence-electron chi connectivity index (χ1n) is 10.7. The Morgan fingerprint density at radius 3 is 2.59 bits per heavy atom. The van der Waals surface area contributed by atoms with Crippen LogP contribution in [0.1, 0.15) is 29.1 Å². The van der Waals surface area contributed by atoms with E-state index >= 15 is 0 Å². The largest absolute Gasteiger partial charge is 0.457 e. The molecule has 2 aromatic carbocycles. The zero-order chi connectivity index (χ0) is 22.3. The molecule has 3 amide bonds.